The first-order chi connectivity index (χ1) is 7.37. The lowest BCUT2D eigenvalue weighted by Gasteiger charge is -2.23. The average molecular weight is 223 g/mol. The van der Waals surface area contributed by atoms with Crippen molar-refractivity contribution < 1.29 is 0 Å². The van der Waals surface area contributed by atoms with Crippen molar-refractivity contribution in [1.82, 2.24) is 15.1 Å². The summed E-state index contributed by atoms with van der Waals surface area (Å²) in [5.41, 5.74) is 1.56. The molecule has 0 aliphatic rings. The van der Waals surface area contributed by atoms with E-state index < -0.39 is 0 Å². The maximum atomic E-state index is 4.18. The summed E-state index contributed by atoms with van der Waals surface area (Å²) in [7, 11) is 1.97. The van der Waals surface area contributed by atoms with Crippen molar-refractivity contribution in [3.8, 4) is 0 Å². The highest BCUT2D eigenvalue weighted by Gasteiger charge is 2.11. The Morgan fingerprint density at radius 3 is 2.62 bits per heavy atom. The van der Waals surface area contributed by atoms with Crippen LogP contribution in [0.3, 0.4) is 0 Å². The Morgan fingerprint density at radius 2 is 2.12 bits per heavy atom. The summed E-state index contributed by atoms with van der Waals surface area (Å²) in [6.45, 7) is 10.0. The lowest BCUT2D eigenvalue weighted by Crippen LogP contribution is -2.38. The molecule has 1 heterocycles. The molecule has 0 spiro atoms. The van der Waals surface area contributed by atoms with Gasteiger partial charge in [-0.3, -0.25) is 4.68 Å². The Morgan fingerprint density at radius 1 is 1.44 bits per heavy atom. The van der Waals surface area contributed by atoms with Gasteiger partial charge in [0.2, 0.25) is 0 Å². The van der Waals surface area contributed by atoms with Crippen LogP contribution in [0, 0.1) is 5.92 Å². The Kier molecular flexibility index (Phi) is 4.54. The van der Waals surface area contributed by atoms with Crippen molar-refractivity contribution in [2.45, 2.75) is 46.1 Å². The molecule has 0 amide bonds. The fraction of sp³-hybridized carbons (Fsp3) is 0.769. The van der Waals surface area contributed by atoms with Crippen molar-refractivity contribution in [1.29, 1.82) is 0 Å². The van der Waals surface area contributed by atoms with E-state index in [4.69, 9.17) is 0 Å². The number of aryl methyl sites for hydroxylation is 2. The molecule has 0 fully saturated rings. The molecule has 1 aromatic heterocycles. The lowest BCUT2D eigenvalue weighted by atomic mass is 10.0. The van der Waals surface area contributed by atoms with Gasteiger partial charge in [-0.15, -0.1) is 0 Å². The van der Waals surface area contributed by atoms with E-state index in [9.17, 15) is 0 Å². The minimum absolute atomic E-state index is 0.225. The zero-order chi connectivity index (χ0) is 12.2. The summed E-state index contributed by atoms with van der Waals surface area (Å²) in [5, 5.41) is 7.72. The van der Waals surface area contributed by atoms with E-state index >= 15 is 0 Å². The third-order valence-corrected chi connectivity index (χ3v) is 2.67. The van der Waals surface area contributed by atoms with E-state index in [0.717, 1.165) is 13.0 Å². The van der Waals surface area contributed by atoms with Gasteiger partial charge in [0.15, 0.2) is 0 Å². The zero-order valence-electron chi connectivity index (χ0n) is 11.2. The van der Waals surface area contributed by atoms with Crippen LogP contribution in [-0.4, -0.2) is 21.9 Å². The Hall–Kier alpha value is -0.830. The van der Waals surface area contributed by atoms with Crippen molar-refractivity contribution in [3.05, 3.63) is 18.0 Å². The van der Waals surface area contributed by atoms with Crippen LogP contribution in [0.2, 0.25) is 0 Å². The van der Waals surface area contributed by atoms with Gasteiger partial charge in [0.25, 0.3) is 0 Å². The maximum absolute atomic E-state index is 4.18. The van der Waals surface area contributed by atoms with E-state index in [1.807, 2.05) is 17.9 Å². The molecule has 1 atom stereocenters. The van der Waals surface area contributed by atoms with Crippen LogP contribution in [0.1, 0.15) is 39.7 Å². The second kappa shape index (κ2) is 5.48. The van der Waals surface area contributed by atoms with E-state index in [1.54, 1.807) is 0 Å². The van der Waals surface area contributed by atoms with Gasteiger partial charge in [-0.2, -0.15) is 5.10 Å². The van der Waals surface area contributed by atoms with Gasteiger partial charge in [0.1, 0.15) is 0 Å². The van der Waals surface area contributed by atoms with E-state index in [-0.39, 0.29) is 5.54 Å². The van der Waals surface area contributed by atoms with Crippen LogP contribution in [0.15, 0.2) is 12.4 Å². The Labute approximate surface area is 99.2 Å². The topological polar surface area (TPSA) is 29.9 Å². The van der Waals surface area contributed by atoms with Crippen LogP contribution in [0.4, 0.5) is 0 Å². The van der Waals surface area contributed by atoms with E-state index in [1.165, 1.54) is 12.0 Å². The SMILES string of the molecule is CC(CCc1cnn(C)c1)CNC(C)(C)C. The molecule has 0 radical (unpaired) electrons. The normalized spacial score (nSPS) is 14.1. The molecule has 0 aromatic carbocycles. The monoisotopic (exact) mass is 223 g/mol. The third-order valence-electron chi connectivity index (χ3n) is 2.67. The first-order valence-corrected chi connectivity index (χ1v) is 6.09. The molecule has 1 rings (SSSR count). The predicted molar refractivity (Wildman–Crippen MR) is 68.4 cm³/mol. The molecule has 3 nitrogen and oxygen atoms in total. The molecule has 3 heteroatoms. The summed E-state index contributed by atoms with van der Waals surface area (Å²) in [6.07, 6.45) is 6.41. The molecule has 0 saturated heterocycles. The summed E-state index contributed by atoms with van der Waals surface area (Å²) < 4.78 is 1.87. The number of hydrogen-bond donors (Lipinski definition) is 1. The quantitative estimate of drug-likeness (QED) is 0.830. The van der Waals surface area contributed by atoms with Gasteiger partial charge < -0.3 is 5.32 Å². The van der Waals surface area contributed by atoms with E-state index in [2.05, 4.69) is 44.3 Å². The van der Waals surface area contributed by atoms with Crippen LogP contribution < -0.4 is 5.32 Å². The molecular weight excluding hydrogens is 198 g/mol. The van der Waals surface area contributed by atoms with Gasteiger partial charge in [-0.1, -0.05) is 6.92 Å². The molecule has 0 bridgehead atoms. The molecule has 1 unspecified atom stereocenters. The summed E-state index contributed by atoms with van der Waals surface area (Å²) in [4.78, 5) is 0. The Bertz CT molecular complexity index is 309. The van der Waals surface area contributed by atoms with Crippen molar-refractivity contribution in [3.63, 3.8) is 0 Å². The number of hydrogen-bond acceptors (Lipinski definition) is 2. The highest BCUT2D eigenvalue weighted by molar-refractivity contribution is 5.03. The van der Waals surface area contributed by atoms with Crippen molar-refractivity contribution in [2.75, 3.05) is 6.54 Å². The molecule has 1 N–H and O–H groups in total. The predicted octanol–water partition coefficient (Wildman–Crippen LogP) is 2.38. The third kappa shape index (κ3) is 5.31. The minimum Gasteiger partial charge on any atom is -0.312 e. The second-order valence-electron chi connectivity index (χ2n) is 5.80. The minimum atomic E-state index is 0.225. The lowest BCUT2D eigenvalue weighted by molar-refractivity contribution is 0.372. The smallest absolute Gasteiger partial charge is 0.0521 e. The summed E-state index contributed by atoms with van der Waals surface area (Å²) in [5.74, 6) is 0.708. The maximum Gasteiger partial charge on any atom is 0.0521 e. The molecule has 0 aliphatic heterocycles. The molecule has 92 valence electrons. The van der Waals surface area contributed by atoms with Crippen LogP contribution >= 0.6 is 0 Å². The Balaban J connectivity index is 2.22. The summed E-state index contributed by atoms with van der Waals surface area (Å²) >= 11 is 0. The first kappa shape index (κ1) is 13.2. The number of nitrogens with zero attached hydrogens (tertiary/aromatic N) is 2. The highest BCUT2D eigenvalue weighted by Crippen LogP contribution is 2.09. The molecule has 0 aliphatic carbocycles. The van der Waals surface area contributed by atoms with Gasteiger partial charge in [0.05, 0.1) is 6.20 Å². The second-order valence-corrected chi connectivity index (χ2v) is 5.80. The fourth-order valence-electron chi connectivity index (χ4n) is 1.60. The van der Waals surface area contributed by atoms with Gasteiger partial charge in [-0.25, -0.2) is 0 Å². The van der Waals surface area contributed by atoms with E-state index in [0.29, 0.717) is 5.92 Å². The standard InChI is InChI=1S/C13H25N3/c1-11(8-14-13(2,3)4)6-7-12-9-15-16(5)10-12/h9-11,14H,6-8H2,1-5H3. The number of rotatable bonds is 5. The van der Waals surface area contributed by atoms with Crippen LogP contribution in [-0.2, 0) is 13.5 Å². The molecule has 0 saturated carbocycles. The van der Waals surface area contributed by atoms with Crippen LogP contribution in [0.5, 0.6) is 0 Å². The van der Waals surface area contributed by atoms with Gasteiger partial charge in [0, 0.05) is 18.8 Å². The van der Waals surface area contributed by atoms with Crippen LogP contribution in [0.25, 0.3) is 0 Å². The number of aromatic nitrogens is 2. The molecule has 16 heavy (non-hydrogen) atoms. The largest absolute Gasteiger partial charge is 0.312 e. The van der Waals surface area contributed by atoms with Gasteiger partial charge in [-0.05, 0) is 51.6 Å². The fourth-order valence-corrected chi connectivity index (χ4v) is 1.60. The van der Waals surface area contributed by atoms with Crippen molar-refractivity contribution >= 4 is 0 Å². The zero-order valence-corrected chi connectivity index (χ0v) is 11.2. The summed E-state index contributed by atoms with van der Waals surface area (Å²) in [6, 6.07) is 0. The number of nitrogens with one attached hydrogen (secondary N) is 1. The van der Waals surface area contributed by atoms with Crippen molar-refractivity contribution in [2.24, 2.45) is 13.0 Å². The highest BCUT2D eigenvalue weighted by atomic mass is 15.2. The molecular formula is C13H25N3. The molecule has 1 aromatic rings. The van der Waals surface area contributed by atoms with Gasteiger partial charge >= 0.3 is 0 Å². The average Bonchev–Trinajstić information content (AvgIpc) is 2.57. The first-order valence-electron chi connectivity index (χ1n) is 6.09.